The lowest BCUT2D eigenvalue weighted by Crippen LogP contribution is -2.37. The summed E-state index contributed by atoms with van der Waals surface area (Å²) in [6.45, 7) is 0. The van der Waals surface area contributed by atoms with Gasteiger partial charge < -0.3 is 19.8 Å². The second-order valence-corrected chi connectivity index (χ2v) is 7.88. The van der Waals surface area contributed by atoms with Gasteiger partial charge in [0.25, 0.3) is 17.4 Å². The first-order valence-electron chi connectivity index (χ1n) is 10.2. The van der Waals surface area contributed by atoms with Gasteiger partial charge in [0.15, 0.2) is 11.5 Å². The number of methoxy groups -OCH3 is 1. The molecule has 1 atom stereocenters. The van der Waals surface area contributed by atoms with Crippen LogP contribution in [0.2, 0.25) is 0 Å². The molecule has 166 valence electrons. The Morgan fingerprint density at radius 3 is 2.34 bits per heavy atom. The third-order valence-corrected chi connectivity index (χ3v) is 6.07. The van der Waals surface area contributed by atoms with Gasteiger partial charge in [-0.2, -0.15) is 0 Å². The minimum Gasteiger partial charge on any atom is -0.507 e. The number of amides is 1. The van der Waals surface area contributed by atoms with Crippen LogP contribution < -0.4 is 4.74 Å². The lowest BCUT2D eigenvalue weighted by molar-refractivity contribution is -0.384. The fourth-order valence-corrected chi connectivity index (χ4v) is 4.51. The number of phenols is 1. The smallest absolute Gasteiger partial charge is 0.295 e. The Labute approximate surface area is 183 Å². The molecule has 0 aromatic heterocycles. The lowest BCUT2D eigenvalue weighted by atomic mass is 9.94. The van der Waals surface area contributed by atoms with E-state index in [0.717, 1.165) is 25.7 Å². The van der Waals surface area contributed by atoms with Gasteiger partial charge in [-0.15, -0.1) is 0 Å². The number of aliphatic hydroxyl groups is 1. The summed E-state index contributed by atoms with van der Waals surface area (Å²) in [5, 5.41) is 32.3. The predicted octanol–water partition coefficient (Wildman–Crippen LogP) is 3.67. The molecular weight excluding hydrogens is 416 g/mol. The van der Waals surface area contributed by atoms with Gasteiger partial charge in [0, 0.05) is 23.7 Å². The second kappa shape index (κ2) is 8.33. The molecule has 0 bridgehead atoms. The number of nitro benzene ring substituents is 1. The third kappa shape index (κ3) is 3.55. The first kappa shape index (κ1) is 21.4. The number of nitrogens with zero attached hydrogens (tertiary/aromatic N) is 2. The average Bonchev–Trinajstić information content (AvgIpc) is 3.40. The van der Waals surface area contributed by atoms with Gasteiger partial charge >= 0.3 is 0 Å². The molecule has 1 heterocycles. The summed E-state index contributed by atoms with van der Waals surface area (Å²) < 4.78 is 5.09. The first-order valence-corrected chi connectivity index (χ1v) is 10.2. The number of non-ortho nitro benzene ring substituents is 1. The van der Waals surface area contributed by atoms with Crippen LogP contribution in [-0.2, 0) is 9.59 Å². The van der Waals surface area contributed by atoms with Crippen molar-refractivity contribution in [1.82, 2.24) is 4.90 Å². The molecule has 2 aliphatic rings. The van der Waals surface area contributed by atoms with Crippen molar-refractivity contribution in [2.24, 2.45) is 0 Å². The highest BCUT2D eigenvalue weighted by molar-refractivity contribution is 6.46. The number of aromatic hydroxyl groups is 1. The number of carbonyl (C=O) groups is 2. The van der Waals surface area contributed by atoms with Gasteiger partial charge in [-0.3, -0.25) is 19.7 Å². The Morgan fingerprint density at radius 2 is 1.78 bits per heavy atom. The molecule has 1 saturated heterocycles. The van der Waals surface area contributed by atoms with Crippen molar-refractivity contribution in [3.05, 3.63) is 69.3 Å². The average molecular weight is 438 g/mol. The zero-order valence-corrected chi connectivity index (χ0v) is 17.4. The van der Waals surface area contributed by atoms with E-state index in [1.54, 1.807) is 6.07 Å². The largest absolute Gasteiger partial charge is 0.507 e. The van der Waals surface area contributed by atoms with Gasteiger partial charge in [-0.25, -0.2) is 0 Å². The maximum atomic E-state index is 13.0. The minimum absolute atomic E-state index is 0.111. The topological polar surface area (TPSA) is 130 Å². The van der Waals surface area contributed by atoms with Crippen LogP contribution in [0.4, 0.5) is 5.69 Å². The van der Waals surface area contributed by atoms with Crippen molar-refractivity contribution in [1.29, 1.82) is 0 Å². The van der Waals surface area contributed by atoms with E-state index in [-0.39, 0.29) is 34.4 Å². The van der Waals surface area contributed by atoms with Crippen molar-refractivity contribution in [2.75, 3.05) is 7.11 Å². The van der Waals surface area contributed by atoms with Crippen molar-refractivity contribution >= 4 is 23.1 Å². The molecule has 32 heavy (non-hydrogen) atoms. The highest BCUT2D eigenvalue weighted by Crippen LogP contribution is 2.45. The highest BCUT2D eigenvalue weighted by atomic mass is 16.6. The Kier molecular flexibility index (Phi) is 5.56. The van der Waals surface area contributed by atoms with Gasteiger partial charge in [0.05, 0.1) is 23.6 Å². The van der Waals surface area contributed by atoms with E-state index in [2.05, 4.69) is 0 Å². The summed E-state index contributed by atoms with van der Waals surface area (Å²) in [6, 6.07) is 8.63. The first-order chi connectivity index (χ1) is 15.3. The number of rotatable bonds is 5. The number of benzene rings is 2. The van der Waals surface area contributed by atoms with Crippen LogP contribution in [0, 0.1) is 10.1 Å². The number of ketones is 1. The van der Waals surface area contributed by atoms with Crippen LogP contribution in [0.5, 0.6) is 11.5 Å². The van der Waals surface area contributed by atoms with Gasteiger partial charge in [0.2, 0.25) is 0 Å². The van der Waals surface area contributed by atoms with Crippen molar-refractivity contribution in [3.63, 3.8) is 0 Å². The molecule has 4 rings (SSSR count). The van der Waals surface area contributed by atoms with Crippen molar-refractivity contribution in [2.45, 2.75) is 37.8 Å². The molecule has 2 fully saturated rings. The molecular formula is C23H22N2O7. The second-order valence-electron chi connectivity index (χ2n) is 7.88. The molecule has 1 unspecified atom stereocenters. The van der Waals surface area contributed by atoms with E-state index in [9.17, 15) is 29.9 Å². The summed E-state index contributed by atoms with van der Waals surface area (Å²) in [7, 11) is 1.41. The van der Waals surface area contributed by atoms with E-state index >= 15 is 0 Å². The van der Waals surface area contributed by atoms with Crippen LogP contribution in [0.25, 0.3) is 5.76 Å². The summed E-state index contributed by atoms with van der Waals surface area (Å²) in [6.07, 6.45) is 3.33. The molecule has 2 aromatic carbocycles. The quantitative estimate of drug-likeness (QED) is 0.239. The molecule has 1 saturated carbocycles. The number of nitro groups is 1. The van der Waals surface area contributed by atoms with Gasteiger partial charge in [0.1, 0.15) is 5.76 Å². The number of hydrogen-bond donors (Lipinski definition) is 2. The fraction of sp³-hybridized carbons (Fsp3) is 0.304. The normalized spacial score (nSPS) is 20.7. The summed E-state index contributed by atoms with van der Waals surface area (Å²) in [5.74, 6) is -1.87. The summed E-state index contributed by atoms with van der Waals surface area (Å²) in [5.41, 5.74) is 0.366. The molecule has 0 spiro atoms. The van der Waals surface area contributed by atoms with E-state index in [4.69, 9.17) is 4.74 Å². The number of ether oxygens (including phenoxy) is 1. The number of aliphatic hydroxyl groups excluding tert-OH is 1. The number of hydrogen-bond acceptors (Lipinski definition) is 7. The highest BCUT2D eigenvalue weighted by Gasteiger charge is 2.49. The Morgan fingerprint density at radius 1 is 1.12 bits per heavy atom. The van der Waals surface area contributed by atoms with Crippen LogP contribution in [0.3, 0.4) is 0 Å². The van der Waals surface area contributed by atoms with E-state index in [1.165, 1.54) is 48.4 Å². The van der Waals surface area contributed by atoms with E-state index < -0.39 is 28.4 Å². The van der Waals surface area contributed by atoms with Crippen LogP contribution >= 0.6 is 0 Å². The molecule has 0 radical (unpaired) electrons. The molecule has 9 heteroatoms. The zero-order valence-electron chi connectivity index (χ0n) is 17.4. The molecule has 2 N–H and O–H groups in total. The minimum atomic E-state index is -0.898. The van der Waals surface area contributed by atoms with Crippen LogP contribution in [0.15, 0.2) is 48.0 Å². The zero-order chi connectivity index (χ0) is 23.0. The molecule has 2 aromatic rings. The number of Topliss-reactive ketones (excluding diaryl/α,β-unsaturated/α-hetero) is 1. The number of phenolic OH excluding ortho intramolecular Hbond substituents is 1. The van der Waals surface area contributed by atoms with Gasteiger partial charge in [-0.05, 0) is 42.7 Å². The third-order valence-electron chi connectivity index (χ3n) is 6.07. The van der Waals surface area contributed by atoms with Crippen molar-refractivity contribution < 1.29 is 29.5 Å². The Bertz CT molecular complexity index is 1120. The molecule has 9 nitrogen and oxygen atoms in total. The molecule has 1 amide bonds. The molecule has 1 aliphatic carbocycles. The van der Waals surface area contributed by atoms with E-state index in [0.29, 0.717) is 5.56 Å². The summed E-state index contributed by atoms with van der Waals surface area (Å²) >= 11 is 0. The van der Waals surface area contributed by atoms with Crippen LogP contribution in [0.1, 0.15) is 42.9 Å². The van der Waals surface area contributed by atoms with E-state index in [1.807, 2.05) is 0 Å². The molecule has 1 aliphatic heterocycles. The maximum Gasteiger partial charge on any atom is 0.295 e. The Balaban J connectivity index is 1.87. The Hall–Kier alpha value is -3.88. The number of carbonyl (C=O) groups excluding carboxylic acids is 2. The lowest BCUT2D eigenvalue weighted by Gasteiger charge is -2.31. The van der Waals surface area contributed by atoms with Crippen LogP contribution in [-0.4, -0.2) is 44.9 Å². The standard InChI is InChI=1S/C23H22N2O7/c1-32-18-11-8-14(12-17(18)26)20-19(21(27)13-6-9-16(10-7-13)25(30)31)22(28)23(29)24(20)15-4-2-3-5-15/h6-12,15,20,26-27H,2-5H2,1H3/b21-19-. The van der Waals surface area contributed by atoms with Gasteiger partial charge in [-0.1, -0.05) is 18.9 Å². The monoisotopic (exact) mass is 438 g/mol. The predicted molar refractivity (Wildman–Crippen MR) is 114 cm³/mol. The SMILES string of the molecule is COc1ccc(C2/C(=C(/O)c3ccc([N+](=O)[O-])cc3)C(=O)C(=O)N2C2CCCC2)cc1O. The maximum absolute atomic E-state index is 13.0. The summed E-state index contributed by atoms with van der Waals surface area (Å²) in [4.78, 5) is 37.9. The fourth-order valence-electron chi connectivity index (χ4n) is 4.51. The van der Waals surface area contributed by atoms with Crippen molar-refractivity contribution in [3.8, 4) is 11.5 Å². The number of likely N-dealkylation sites (tertiary alicyclic amines) is 1.